The molecule has 1 unspecified atom stereocenters. The Morgan fingerprint density at radius 2 is 1.88 bits per heavy atom. The monoisotopic (exact) mass is 242 g/mol. The van der Waals surface area contributed by atoms with E-state index >= 15 is 0 Å². The molecule has 0 radical (unpaired) electrons. The molecule has 102 valence electrons. The molecule has 0 amide bonds. The van der Waals surface area contributed by atoms with E-state index in [1.54, 1.807) is 0 Å². The molecule has 0 spiro atoms. The van der Waals surface area contributed by atoms with Gasteiger partial charge < -0.3 is 15.3 Å². The van der Waals surface area contributed by atoms with Gasteiger partial charge in [0.1, 0.15) is 0 Å². The van der Waals surface area contributed by atoms with E-state index in [1.807, 2.05) is 0 Å². The quantitative estimate of drug-likeness (QED) is 0.746. The lowest BCUT2D eigenvalue weighted by Crippen LogP contribution is -2.49. The number of nitrogens with zero attached hydrogens (tertiary/aromatic N) is 1. The summed E-state index contributed by atoms with van der Waals surface area (Å²) in [5.41, 5.74) is 0.417. The van der Waals surface area contributed by atoms with Gasteiger partial charge in [-0.3, -0.25) is 0 Å². The van der Waals surface area contributed by atoms with E-state index in [9.17, 15) is 5.11 Å². The van der Waals surface area contributed by atoms with E-state index in [-0.39, 0.29) is 12.1 Å². The second-order valence-electron chi connectivity index (χ2n) is 6.50. The molecule has 3 heteroatoms. The minimum Gasteiger partial charge on any atom is -0.394 e. The summed E-state index contributed by atoms with van der Waals surface area (Å²) >= 11 is 0. The van der Waals surface area contributed by atoms with Crippen molar-refractivity contribution >= 4 is 0 Å². The maximum absolute atomic E-state index is 9.45. The number of piperidine rings is 1. The van der Waals surface area contributed by atoms with Crippen molar-refractivity contribution in [2.45, 2.75) is 52.5 Å². The Labute approximate surface area is 107 Å². The summed E-state index contributed by atoms with van der Waals surface area (Å²) in [5, 5.41) is 12.8. The first kappa shape index (κ1) is 14.9. The van der Waals surface area contributed by atoms with Crippen LogP contribution in [0.4, 0.5) is 0 Å². The van der Waals surface area contributed by atoms with E-state index in [0.717, 1.165) is 19.5 Å². The summed E-state index contributed by atoms with van der Waals surface area (Å²) in [5.74, 6) is 0. The highest BCUT2D eigenvalue weighted by atomic mass is 16.3. The first-order valence-electron chi connectivity index (χ1n) is 6.99. The van der Waals surface area contributed by atoms with Crippen LogP contribution in [0, 0.1) is 5.41 Å². The topological polar surface area (TPSA) is 35.5 Å². The predicted molar refractivity (Wildman–Crippen MR) is 73.2 cm³/mol. The third-order valence-electron chi connectivity index (χ3n) is 4.14. The van der Waals surface area contributed by atoms with Gasteiger partial charge in [-0.25, -0.2) is 0 Å². The fraction of sp³-hybridized carbons (Fsp3) is 1.00. The summed E-state index contributed by atoms with van der Waals surface area (Å²) in [7, 11) is 0. The lowest BCUT2D eigenvalue weighted by Gasteiger charge is -2.38. The number of rotatable bonds is 6. The molecule has 1 saturated heterocycles. The Morgan fingerprint density at radius 3 is 2.35 bits per heavy atom. The molecule has 1 aliphatic rings. The van der Waals surface area contributed by atoms with Crippen molar-refractivity contribution in [3.8, 4) is 0 Å². The molecule has 3 nitrogen and oxygen atoms in total. The molecule has 1 fully saturated rings. The third kappa shape index (κ3) is 4.94. The van der Waals surface area contributed by atoms with Gasteiger partial charge in [-0.05, 0) is 57.8 Å². The number of likely N-dealkylation sites (tertiary alicyclic amines) is 1. The van der Waals surface area contributed by atoms with Gasteiger partial charge >= 0.3 is 0 Å². The second kappa shape index (κ2) is 6.17. The van der Waals surface area contributed by atoms with Crippen molar-refractivity contribution in [1.29, 1.82) is 0 Å². The molecule has 1 aliphatic heterocycles. The largest absolute Gasteiger partial charge is 0.394 e. The Balaban J connectivity index is 2.31. The van der Waals surface area contributed by atoms with Crippen LogP contribution in [0.1, 0.15) is 47.0 Å². The Morgan fingerprint density at radius 1 is 1.29 bits per heavy atom. The number of aliphatic hydroxyl groups is 1. The van der Waals surface area contributed by atoms with Gasteiger partial charge in [0.05, 0.1) is 6.61 Å². The zero-order valence-corrected chi connectivity index (χ0v) is 12.1. The van der Waals surface area contributed by atoms with Gasteiger partial charge in [0.15, 0.2) is 0 Å². The van der Waals surface area contributed by atoms with Crippen LogP contribution in [0.25, 0.3) is 0 Å². The van der Waals surface area contributed by atoms with Crippen LogP contribution >= 0.6 is 0 Å². The molecule has 1 rings (SSSR count). The minimum absolute atomic E-state index is 0.109. The number of likely N-dealkylation sites (N-methyl/N-ethyl adjacent to an activating group) is 1. The molecule has 2 N–H and O–H groups in total. The van der Waals surface area contributed by atoms with Crippen LogP contribution in [0.5, 0.6) is 0 Å². The van der Waals surface area contributed by atoms with Crippen molar-refractivity contribution in [3.63, 3.8) is 0 Å². The smallest absolute Gasteiger partial charge is 0.0611 e. The standard InChI is InChI=1S/C14H30N2O/c1-5-15-14(4,12-17)8-11-16-9-6-13(2,3)7-10-16/h15,17H,5-12H2,1-4H3. The summed E-state index contributed by atoms with van der Waals surface area (Å²) in [4.78, 5) is 2.54. The van der Waals surface area contributed by atoms with E-state index < -0.39 is 0 Å². The highest BCUT2D eigenvalue weighted by Crippen LogP contribution is 2.29. The van der Waals surface area contributed by atoms with Crippen LogP contribution in [0.15, 0.2) is 0 Å². The SMILES string of the molecule is CCNC(C)(CO)CCN1CCC(C)(C)CC1. The van der Waals surface area contributed by atoms with Crippen molar-refractivity contribution in [3.05, 3.63) is 0 Å². The van der Waals surface area contributed by atoms with Crippen LogP contribution in [0.2, 0.25) is 0 Å². The Hall–Kier alpha value is -0.120. The predicted octanol–water partition coefficient (Wildman–Crippen LogP) is 1.86. The summed E-state index contributed by atoms with van der Waals surface area (Å²) < 4.78 is 0. The molecule has 0 aromatic heterocycles. The Kier molecular flexibility index (Phi) is 5.42. The second-order valence-corrected chi connectivity index (χ2v) is 6.50. The average Bonchev–Trinajstić information content (AvgIpc) is 2.28. The van der Waals surface area contributed by atoms with E-state index in [0.29, 0.717) is 5.41 Å². The summed E-state index contributed by atoms with van der Waals surface area (Å²) in [6.45, 7) is 13.6. The lowest BCUT2D eigenvalue weighted by atomic mass is 9.82. The van der Waals surface area contributed by atoms with Gasteiger partial charge in [-0.1, -0.05) is 20.8 Å². The third-order valence-corrected chi connectivity index (χ3v) is 4.14. The van der Waals surface area contributed by atoms with Gasteiger partial charge in [-0.2, -0.15) is 0 Å². The highest BCUT2D eigenvalue weighted by Gasteiger charge is 2.27. The molecule has 0 saturated carbocycles. The van der Waals surface area contributed by atoms with E-state index in [4.69, 9.17) is 0 Å². The fourth-order valence-corrected chi connectivity index (χ4v) is 2.44. The minimum atomic E-state index is -0.109. The number of hydrogen-bond donors (Lipinski definition) is 2. The molecular weight excluding hydrogens is 212 g/mol. The van der Waals surface area contributed by atoms with Gasteiger partial charge in [0.25, 0.3) is 0 Å². The highest BCUT2D eigenvalue weighted by molar-refractivity contribution is 4.85. The molecule has 1 heterocycles. The van der Waals surface area contributed by atoms with E-state index in [2.05, 4.69) is 37.9 Å². The van der Waals surface area contributed by atoms with Crippen molar-refractivity contribution < 1.29 is 5.11 Å². The Bertz CT molecular complexity index is 220. The van der Waals surface area contributed by atoms with Crippen LogP contribution in [-0.4, -0.2) is 48.3 Å². The molecule has 17 heavy (non-hydrogen) atoms. The maximum Gasteiger partial charge on any atom is 0.0611 e. The summed E-state index contributed by atoms with van der Waals surface area (Å²) in [6.07, 6.45) is 3.62. The number of aliphatic hydroxyl groups excluding tert-OH is 1. The first-order valence-corrected chi connectivity index (χ1v) is 6.99. The molecule has 0 aliphatic carbocycles. The van der Waals surface area contributed by atoms with Crippen LogP contribution in [-0.2, 0) is 0 Å². The van der Waals surface area contributed by atoms with Gasteiger partial charge in [-0.15, -0.1) is 0 Å². The average molecular weight is 242 g/mol. The molecule has 0 aromatic carbocycles. The van der Waals surface area contributed by atoms with Crippen molar-refractivity contribution in [2.24, 2.45) is 5.41 Å². The maximum atomic E-state index is 9.45. The van der Waals surface area contributed by atoms with Crippen molar-refractivity contribution in [2.75, 3.05) is 32.8 Å². The van der Waals surface area contributed by atoms with Gasteiger partial charge in [0, 0.05) is 5.54 Å². The molecule has 1 atom stereocenters. The fourth-order valence-electron chi connectivity index (χ4n) is 2.44. The van der Waals surface area contributed by atoms with Crippen molar-refractivity contribution in [1.82, 2.24) is 10.2 Å². The lowest BCUT2D eigenvalue weighted by molar-refractivity contribution is 0.105. The number of nitrogens with one attached hydrogen (secondary N) is 1. The normalized spacial score (nSPS) is 24.5. The van der Waals surface area contributed by atoms with Crippen LogP contribution in [0.3, 0.4) is 0 Å². The summed E-state index contributed by atoms with van der Waals surface area (Å²) in [6, 6.07) is 0. The number of hydrogen-bond acceptors (Lipinski definition) is 3. The van der Waals surface area contributed by atoms with E-state index in [1.165, 1.54) is 25.9 Å². The molecule has 0 aromatic rings. The van der Waals surface area contributed by atoms with Gasteiger partial charge in [0.2, 0.25) is 0 Å². The zero-order chi connectivity index (χ0) is 12.9. The van der Waals surface area contributed by atoms with Crippen LogP contribution < -0.4 is 5.32 Å². The first-order chi connectivity index (χ1) is 7.91. The zero-order valence-electron chi connectivity index (χ0n) is 12.1. The molecule has 0 bridgehead atoms. The molecular formula is C14H30N2O.